The normalized spacial score (nSPS) is 11.2. The van der Waals surface area contributed by atoms with Crippen LogP contribution in [0.4, 0.5) is 0 Å². The SMILES string of the molecule is C/C=C\c1cc(C)ccc1CC.C=Cc1ccccc1-c1cccc(Cc2ccc(-c3ccc(-c4ccc5c(c4)c4ccccc4n5-c4ccccc4)cc3)cc2)c1C. The fraction of sp³-hybridized carbons (Fsp3) is 0.103. The number of benzene rings is 8. The Hall–Kier alpha value is -6.96. The van der Waals surface area contributed by atoms with Crippen molar-refractivity contribution in [1.29, 1.82) is 0 Å². The van der Waals surface area contributed by atoms with Crippen LogP contribution in [0, 0.1) is 13.8 Å². The van der Waals surface area contributed by atoms with Crippen molar-refractivity contribution in [1.82, 2.24) is 4.57 Å². The minimum absolute atomic E-state index is 0.901. The number of hydrogen-bond donors (Lipinski definition) is 0. The monoisotopic (exact) mass is 761 g/mol. The Balaban J connectivity index is 0.000000349. The lowest BCUT2D eigenvalue weighted by atomic mass is 9.90. The van der Waals surface area contributed by atoms with E-state index in [1.807, 2.05) is 6.08 Å². The van der Waals surface area contributed by atoms with E-state index in [1.165, 1.54) is 99.8 Å². The quantitative estimate of drug-likeness (QED) is 0.138. The van der Waals surface area contributed by atoms with Crippen LogP contribution < -0.4 is 0 Å². The van der Waals surface area contributed by atoms with Crippen molar-refractivity contribution < 1.29 is 0 Å². The van der Waals surface area contributed by atoms with E-state index in [9.17, 15) is 0 Å². The molecular formula is C58H51N. The zero-order valence-electron chi connectivity index (χ0n) is 34.6. The summed E-state index contributed by atoms with van der Waals surface area (Å²) in [6.07, 6.45) is 8.22. The number of aromatic nitrogens is 1. The summed E-state index contributed by atoms with van der Waals surface area (Å²) in [4.78, 5) is 0. The predicted octanol–water partition coefficient (Wildman–Crippen LogP) is 15.9. The van der Waals surface area contributed by atoms with E-state index in [0.717, 1.165) is 12.8 Å². The minimum atomic E-state index is 0.901. The van der Waals surface area contributed by atoms with Crippen LogP contribution in [0.3, 0.4) is 0 Å². The zero-order chi connectivity index (χ0) is 40.7. The molecule has 9 rings (SSSR count). The molecule has 0 spiro atoms. The summed E-state index contributed by atoms with van der Waals surface area (Å²) in [6, 6.07) is 65.9. The first-order valence-electron chi connectivity index (χ1n) is 20.8. The van der Waals surface area contributed by atoms with E-state index >= 15 is 0 Å². The number of para-hydroxylation sites is 2. The number of aryl methyl sites for hydroxylation is 2. The maximum absolute atomic E-state index is 4.02. The molecule has 0 N–H and O–H groups in total. The van der Waals surface area contributed by atoms with Gasteiger partial charge in [-0.05, 0) is 131 Å². The third-order valence-corrected chi connectivity index (χ3v) is 11.5. The Morgan fingerprint density at radius 1 is 0.508 bits per heavy atom. The molecular weight excluding hydrogens is 711 g/mol. The van der Waals surface area contributed by atoms with Crippen LogP contribution in [0.1, 0.15) is 52.8 Å². The fourth-order valence-corrected chi connectivity index (χ4v) is 8.36. The first-order chi connectivity index (χ1) is 28.9. The molecule has 0 saturated carbocycles. The number of fused-ring (bicyclic) bond motifs is 3. The molecule has 0 radical (unpaired) electrons. The van der Waals surface area contributed by atoms with Crippen molar-refractivity contribution in [3.8, 4) is 39.1 Å². The smallest absolute Gasteiger partial charge is 0.0541 e. The molecule has 0 aliphatic rings. The molecule has 1 nitrogen and oxygen atoms in total. The van der Waals surface area contributed by atoms with Crippen molar-refractivity contribution in [3.05, 3.63) is 234 Å². The van der Waals surface area contributed by atoms with Crippen LogP contribution in [0.2, 0.25) is 0 Å². The standard InChI is InChI=1S/C46H35N.C12H16/c1-3-34-12-7-8-16-42(34)41-18-11-13-38(32(41)2)30-33-20-22-35(23-21-33)36-24-26-37(27-25-36)39-28-29-46-44(31-39)43-17-9-10-19-45(43)47(46)40-14-5-4-6-15-40;1-4-6-12-9-10(3)7-8-11(12)5-2/h3-29,31H,1,30H2,2H3;4,6-9H,5H2,1-3H3/b;6-4-. The maximum atomic E-state index is 4.02. The second-order valence-corrected chi connectivity index (χ2v) is 15.3. The van der Waals surface area contributed by atoms with Crippen LogP contribution in [0.5, 0.6) is 0 Å². The van der Waals surface area contributed by atoms with E-state index in [2.05, 4.69) is 233 Å². The second-order valence-electron chi connectivity index (χ2n) is 15.3. The summed E-state index contributed by atoms with van der Waals surface area (Å²) < 4.78 is 2.36. The number of hydrogen-bond acceptors (Lipinski definition) is 0. The molecule has 1 heterocycles. The molecule has 0 saturated heterocycles. The molecule has 9 aromatic rings. The topological polar surface area (TPSA) is 4.93 Å². The van der Waals surface area contributed by atoms with E-state index in [0.29, 0.717) is 0 Å². The molecule has 59 heavy (non-hydrogen) atoms. The van der Waals surface area contributed by atoms with E-state index in [1.54, 1.807) is 0 Å². The van der Waals surface area contributed by atoms with Crippen molar-refractivity contribution in [2.75, 3.05) is 0 Å². The van der Waals surface area contributed by atoms with Gasteiger partial charge < -0.3 is 4.57 Å². The highest BCUT2D eigenvalue weighted by Gasteiger charge is 2.14. The predicted molar refractivity (Wildman–Crippen MR) is 256 cm³/mol. The summed E-state index contributed by atoms with van der Waals surface area (Å²) >= 11 is 0. The van der Waals surface area contributed by atoms with Crippen molar-refractivity contribution >= 4 is 34.0 Å². The molecule has 0 fully saturated rings. The largest absolute Gasteiger partial charge is 0.309 e. The Morgan fingerprint density at radius 3 is 1.86 bits per heavy atom. The molecule has 0 aliphatic carbocycles. The highest BCUT2D eigenvalue weighted by molar-refractivity contribution is 6.10. The van der Waals surface area contributed by atoms with Gasteiger partial charge in [-0.25, -0.2) is 0 Å². The van der Waals surface area contributed by atoms with Crippen molar-refractivity contribution in [2.24, 2.45) is 0 Å². The Labute approximate surface area is 350 Å². The van der Waals surface area contributed by atoms with Gasteiger partial charge in [0.2, 0.25) is 0 Å². The van der Waals surface area contributed by atoms with Gasteiger partial charge in [0.15, 0.2) is 0 Å². The van der Waals surface area contributed by atoms with Gasteiger partial charge >= 0.3 is 0 Å². The van der Waals surface area contributed by atoms with Crippen LogP contribution in [0.25, 0.3) is 73.0 Å². The molecule has 0 atom stereocenters. The molecule has 1 heteroatoms. The van der Waals surface area contributed by atoms with Crippen LogP contribution in [0.15, 0.2) is 195 Å². The van der Waals surface area contributed by atoms with Gasteiger partial charge in [0, 0.05) is 16.5 Å². The average molecular weight is 762 g/mol. The van der Waals surface area contributed by atoms with Crippen molar-refractivity contribution in [3.63, 3.8) is 0 Å². The lowest BCUT2D eigenvalue weighted by Crippen LogP contribution is -1.95. The average Bonchev–Trinajstić information content (AvgIpc) is 3.62. The molecule has 288 valence electrons. The van der Waals surface area contributed by atoms with Crippen LogP contribution >= 0.6 is 0 Å². The van der Waals surface area contributed by atoms with Gasteiger partial charge in [-0.2, -0.15) is 0 Å². The molecule has 0 unspecified atom stereocenters. The summed E-state index contributed by atoms with van der Waals surface area (Å²) in [5, 5.41) is 2.54. The van der Waals surface area contributed by atoms with Gasteiger partial charge in [0.25, 0.3) is 0 Å². The minimum Gasteiger partial charge on any atom is -0.309 e. The number of nitrogens with zero attached hydrogens (tertiary/aromatic N) is 1. The molecule has 1 aromatic heterocycles. The Morgan fingerprint density at radius 2 is 1.14 bits per heavy atom. The van der Waals surface area contributed by atoms with Gasteiger partial charge in [0.05, 0.1) is 11.0 Å². The first-order valence-corrected chi connectivity index (χ1v) is 20.8. The van der Waals surface area contributed by atoms with Crippen LogP contribution in [-0.4, -0.2) is 4.57 Å². The highest BCUT2D eigenvalue weighted by atomic mass is 15.0. The summed E-state index contributed by atoms with van der Waals surface area (Å²) in [5.74, 6) is 0. The van der Waals surface area contributed by atoms with E-state index < -0.39 is 0 Å². The first kappa shape index (κ1) is 38.9. The lowest BCUT2D eigenvalue weighted by Gasteiger charge is -2.14. The van der Waals surface area contributed by atoms with Gasteiger partial charge in [-0.3, -0.25) is 0 Å². The third-order valence-electron chi connectivity index (χ3n) is 11.5. The van der Waals surface area contributed by atoms with Gasteiger partial charge in [0.1, 0.15) is 0 Å². The fourth-order valence-electron chi connectivity index (χ4n) is 8.36. The van der Waals surface area contributed by atoms with Gasteiger partial charge in [-0.15, -0.1) is 0 Å². The van der Waals surface area contributed by atoms with Gasteiger partial charge in [-0.1, -0.05) is 189 Å². The molecule has 0 aliphatic heterocycles. The summed E-state index contributed by atoms with van der Waals surface area (Å²) in [5.41, 5.74) is 20.3. The number of allylic oxidation sites excluding steroid dienone is 1. The summed E-state index contributed by atoms with van der Waals surface area (Å²) in [7, 11) is 0. The molecule has 8 aromatic carbocycles. The molecule has 0 bridgehead atoms. The lowest BCUT2D eigenvalue weighted by molar-refractivity contribution is 1.13. The summed E-state index contributed by atoms with van der Waals surface area (Å²) in [6.45, 7) is 12.6. The van der Waals surface area contributed by atoms with Crippen molar-refractivity contribution in [2.45, 2.75) is 40.5 Å². The second kappa shape index (κ2) is 17.7. The molecule has 0 amide bonds. The van der Waals surface area contributed by atoms with E-state index in [4.69, 9.17) is 0 Å². The number of rotatable bonds is 9. The highest BCUT2D eigenvalue weighted by Crippen LogP contribution is 2.36. The Bertz CT molecular complexity index is 2900. The zero-order valence-corrected chi connectivity index (χ0v) is 34.6. The Kier molecular flexibility index (Phi) is 11.6. The van der Waals surface area contributed by atoms with E-state index in [-0.39, 0.29) is 0 Å². The van der Waals surface area contributed by atoms with Crippen LogP contribution in [-0.2, 0) is 12.8 Å². The maximum Gasteiger partial charge on any atom is 0.0541 e. The third kappa shape index (κ3) is 8.24.